The number of hydrogen-bond acceptors (Lipinski definition) is 3. The molecule has 6 heteroatoms. The molecule has 1 heterocycles. The van der Waals surface area contributed by atoms with Gasteiger partial charge in [-0.2, -0.15) is 0 Å². The Labute approximate surface area is 165 Å². The molecule has 1 saturated carbocycles. The van der Waals surface area contributed by atoms with E-state index in [2.05, 4.69) is 0 Å². The Morgan fingerprint density at radius 2 is 1.74 bits per heavy atom. The summed E-state index contributed by atoms with van der Waals surface area (Å²) >= 11 is 5.92. The standard InChI is InChI=1S/C21H27ClN2O3/c1-21(2,3)13-19(26)23(15-6-4-5-7-15)17-12-18(25)24(20(17)27)16-10-8-14(22)9-11-16/h8-11,15,17H,4-7,12-13H2,1-3H3. The molecular weight excluding hydrogens is 364 g/mol. The highest BCUT2D eigenvalue weighted by Gasteiger charge is 2.47. The highest BCUT2D eigenvalue weighted by atomic mass is 35.5. The molecule has 1 aliphatic heterocycles. The van der Waals surface area contributed by atoms with Gasteiger partial charge < -0.3 is 4.90 Å². The fourth-order valence-corrected chi connectivity index (χ4v) is 4.18. The minimum absolute atomic E-state index is 0.0292. The van der Waals surface area contributed by atoms with Crippen LogP contribution in [0.1, 0.15) is 59.3 Å². The molecule has 0 N–H and O–H groups in total. The molecule has 146 valence electrons. The molecule has 2 aliphatic rings. The predicted molar refractivity (Wildman–Crippen MR) is 106 cm³/mol. The Balaban J connectivity index is 1.88. The van der Waals surface area contributed by atoms with Gasteiger partial charge in [0.2, 0.25) is 11.8 Å². The van der Waals surface area contributed by atoms with Crippen LogP contribution < -0.4 is 4.90 Å². The van der Waals surface area contributed by atoms with Crippen LogP contribution in [0.25, 0.3) is 0 Å². The summed E-state index contributed by atoms with van der Waals surface area (Å²) in [5.41, 5.74) is 0.335. The van der Waals surface area contributed by atoms with Crippen molar-refractivity contribution in [2.75, 3.05) is 4.90 Å². The first-order valence-corrected chi connectivity index (χ1v) is 9.99. The Bertz CT molecular complexity index is 733. The summed E-state index contributed by atoms with van der Waals surface area (Å²) in [6, 6.07) is 5.99. The van der Waals surface area contributed by atoms with Crippen molar-refractivity contribution in [1.29, 1.82) is 0 Å². The van der Waals surface area contributed by atoms with E-state index in [1.54, 1.807) is 29.2 Å². The number of nitrogens with zero attached hydrogens (tertiary/aromatic N) is 2. The summed E-state index contributed by atoms with van der Waals surface area (Å²) in [6.45, 7) is 6.04. The zero-order valence-corrected chi connectivity index (χ0v) is 17.0. The van der Waals surface area contributed by atoms with Crippen molar-refractivity contribution in [3.05, 3.63) is 29.3 Å². The summed E-state index contributed by atoms with van der Waals surface area (Å²) in [5, 5.41) is 0.544. The van der Waals surface area contributed by atoms with Crippen LogP contribution in [0.2, 0.25) is 5.02 Å². The largest absolute Gasteiger partial charge is 0.327 e. The van der Waals surface area contributed by atoms with Gasteiger partial charge in [-0.25, -0.2) is 4.90 Å². The average molecular weight is 391 g/mol. The third-order valence-electron chi connectivity index (χ3n) is 5.23. The van der Waals surface area contributed by atoms with E-state index >= 15 is 0 Å². The summed E-state index contributed by atoms with van der Waals surface area (Å²) in [4.78, 5) is 41.8. The van der Waals surface area contributed by atoms with E-state index < -0.39 is 6.04 Å². The number of anilines is 1. The van der Waals surface area contributed by atoms with Crippen molar-refractivity contribution in [2.45, 2.75) is 71.4 Å². The van der Waals surface area contributed by atoms with Gasteiger partial charge in [-0.05, 0) is 42.5 Å². The van der Waals surface area contributed by atoms with Gasteiger partial charge in [0.05, 0.1) is 12.1 Å². The maximum absolute atomic E-state index is 13.1. The molecule has 0 aromatic heterocycles. The lowest BCUT2D eigenvalue weighted by molar-refractivity contribution is -0.142. The van der Waals surface area contributed by atoms with Gasteiger partial charge >= 0.3 is 0 Å². The number of amides is 3. The first kappa shape index (κ1) is 19.9. The lowest BCUT2D eigenvalue weighted by atomic mass is 9.90. The van der Waals surface area contributed by atoms with Crippen LogP contribution >= 0.6 is 11.6 Å². The normalized spacial score (nSPS) is 21.2. The minimum Gasteiger partial charge on any atom is -0.327 e. The highest BCUT2D eigenvalue weighted by molar-refractivity contribution is 6.30. The van der Waals surface area contributed by atoms with Crippen molar-refractivity contribution in [3.63, 3.8) is 0 Å². The molecule has 27 heavy (non-hydrogen) atoms. The van der Waals surface area contributed by atoms with Crippen LogP contribution in [-0.2, 0) is 14.4 Å². The molecule has 1 aromatic carbocycles. The number of rotatable bonds is 4. The molecule has 1 aliphatic carbocycles. The topological polar surface area (TPSA) is 57.7 Å². The molecule has 0 radical (unpaired) electrons. The van der Waals surface area contributed by atoms with Crippen molar-refractivity contribution in [2.24, 2.45) is 5.41 Å². The fourth-order valence-electron chi connectivity index (χ4n) is 4.05. The smallest absolute Gasteiger partial charge is 0.257 e. The zero-order valence-electron chi connectivity index (χ0n) is 16.2. The number of hydrogen-bond donors (Lipinski definition) is 0. The molecule has 0 bridgehead atoms. The van der Waals surface area contributed by atoms with Gasteiger partial charge in [0.25, 0.3) is 5.91 Å². The number of imide groups is 1. The molecule has 1 atom stereocenters. The van der Waals surface area contributed by atoms with Gasteiger partial charge in [0, 0.05) is 17.5 Å². The lowest BCUT2D eigenvalue weighted by Gasteiger charge is -2.35. The second-order valence-electron chi connectivity index (χ2n) is 8.74. The molecule has 5 nitrogen and oxygen atoms in total. The summed E-state index contributed by atoms with van der Waals surface area (Å²) < 4.78 is 0. The van der Waals surface area contributed by atoms with E-state index in [1.807, 2.05) is 20.8 Å². The number of benzene rings is 1. The van der Waals surface area contributed by atoms with Gasteiger partial charge in [0.15, 0.2) is 0 Å². The van der Waals surface area contributed by atoms with Gasteiger partial charge in [-0.1, -0.05) is 45.2 Å². The molecule has 1 unspecified atom stereocenters. The summed E-state index contributed by atoms with van der Waals surface area (Å²) in [6.07, 6.45) is 4.32. The second-order valence-corrected chi connectivity index (χ2v) is 9.18. The molecule has 1 aromatic rings. The van der Waals surface area contributed by atoms with Crippen molar-refractivity contribution in [1.82, 2.24) is 4.90 Å². The lowest BCUT2D eigenvalue weighted by Crippen LogP contribution is -2.50. The first-order chi connectivity index (χ1) is 12.7. The Morgan fingerprint density at radius 3 is 2.30 bits per heavy atom. The molecule has 2 fully saturated rings. The van der Waals surface area contributed by atoms with E-state index in [4.69, 9.17) is 11.6 Å². The van der Waals surface area contributed by atoms with E-state index in [9.17, 15) is 14.4 Å². The maximum Gasteiger partial charge on any atom is 0.257 e. The van der Waals surface area contributed by atoms with E-state index in [0.717, 1.165) is 25.7 Å². The SMILES string of the molecule is CC(C)(C)CC(=O)N(C1CCCC1)C1CC(=O)N(c2ccc(Cl)cc2)C1=O. The Hall–Kier alpha value is -1.88. The van der Waals surface area contributed by atoms with Crippen LogP contribution in [-0.4, -0.2) is 34.7 Å². The molecule has 1 saturated heterocycles. The van der Waals surface area contributed by atoms with Crippen molar-refractivity contribution in [3.8, 4) is 0 Å². The molecular formula is C21H27ClN2O3. The van der Waals surface area contributed by atoms with Gasteiger partial charge in [-0.15, -0.1) is 0 Å². The number of carbonyl (C=O) groups excluding carboxylic acids is 3. The van der Waals surface area contributed by atoms with Gasteiger partial charge in [0.1, 0.15) is 6.04 Å². The summed E-state index contributed by atoms with van der Waals surface area (Å²) in [5.74, 6) is -0.603. The van der Waals surface area contributed by atoms with Crippen LogP contribution in [0.4, 0.5) is 5.69 Å². The molecule has 0 spiro atoms. The van der Waals surface area contributed by atoms with E-state index in [0.29, 0.717) is 17.1 Å². The quantitative estimate of drug-likeness (QED) is 0.724. The van der Waals surface area contributed by atoms with Crippen LogP contribution in [0, 0.1) is 5.41 Å². The monoisotopic (exact) mass is 390 g/mol. The van der Waals surface area contributed by atoms with Crippen molar-refractivity contribution >= 4 is 35.0 Å². The van der Waals surface area contributed by atoms with E-state index in [-0.39, 0.29) is 35.6 Å². The Morgan fingerprint density at radius 1 is 1.15 bits per heavy atom. The van der Waals surface area contributed by atoms with Crippen LogP contribution in [0.5, 0.6) is 0 Å². The number of carbonyl (C=O) groups is 3. The van der Waals surface area contributed by atoms with Gasteiger partial charge in [-0.3, -0.25) is 14.4 Å². The minimum atomic E-state index is -0.703. The Kier molecular flexibility index (Phi) is 5.61. The number of halogens is 1. The highest BCUT2D eigenvalue weighted by Crippen LogP contribution is 2.34. The van der Waals surface area contributed by atoms with Crippen LogP contribution in [0.15, 0.2) is 24.3 Å². The molecule has 3 rings (SSSR count). The maximum atomic E-state index is 13.1. The fraction of sp³-hybridized carbons (Fsp3) is 0.571. The average Bonchev–Trinajstić information content (AvgIpc) is 3.17. The summed E-state index contributed by atoms with van der Waals surface area (Å²) in [7, 11) is 0. The van der Waals surface area contributed by atoms with Crippen molar-refractivity contribution < 1.29 is 14.4 Å². The third-order valence-corrected chi connectivity index (χ3v) is 5.48. The first-order valence-electron chi connectivity index (χ1n) is 9.61. The third kappa shape index (κ3) is 4.34. The predicted octanol–water partition coefficient (Wildman–Crippen LogP) is 4.18. The molecule has 3 amide bonds. The van der Waals surface area contributed by atoms with Crippen LogP contribution in [0.3, 0.4) is 0 Å². The second kappa shape index (κ2) is 7.63. The van der Waals surface area contributed by atoms with E-state index in [1.165, 1.54) is 4.90 Å². The zero-order chi connectivity index (χ0) is 19.8.